The van der Waals surface area contributed by atoms with Crippen LogP contribution in [-0.4, -0.2) is 42.9 Å². The molecule has 4 nitrogen and oxygen atoms in total. The van der Waals surface area contributed by atoms with Gasteiger partial charge in [-0.05, 0) is 18.1 Å². The summed E-state index contributed by atoms with van der Waals surface area (Å²) in [6, 6.07) is 16.4. The summed E-state index contributed by atoms with van der Waals surface area (Å²) in [7, 11) is 0. The number of hydrogen-bond acceptors (Lipinski definition) is 4. The van der Waals surface area contributed by atoms with Crippen molar-refractivity contribution in [3.8, 4) is 11.5 Å². The minimum absolute atomic E-state index is 0.154. The lowest BCUT2D eigenvalue weighted by atomic mass is 10.1. The molecule has 0 saturated carbocycles. The van der Waals surface area contributed by atoms with Crippen LogP contribution in [0.3, 0.4) is 0 Å². The summed E-state index contributed by atoms with van der Waals surface area (Å²) < 4.78 is 11.4. The van der Waals surface area contributed by atoms with Gasteiger partial charge in [-0.3, -0.25) is 4.90 Å². The third-order valence-corrected chi connectivity index (χ3v) is 4.02. The van der Waals surface area contributed by atoms with Crippen LogP contribution in [0, 0.1) is 0 Å². The lowest BCUT2D eigenvalue weighted by Gasteiger charge is -2.25. The zero-order chi connectivity index (χ0) is 15.9. The van der Waals surface area contributed by atoms with Crippen molar-refractivity contribution in [3.63, 3.8) is 0 Å². The Kier molecular flexibility index (Phi) is 5.51. The van der Waals surface area contributed by atoms with Gasteiger partial charge in [0.1, 0.15) is 13.2 Å². The number of ether oxygens (including phenoxy) is 2. The molecule has 0 amide bonds. The molecule has 1 aliphatic rings. The number of rotatable bonds is 7. The highest BCUT2D eigenvalue weighted by Gasteiger charge is 2.17. The van der Waals surface area contributed by atoms with Gasteiger partial charge in [0, 0.05) is 25.2 Å². The Morgan fingerprint density at radius 3 is 2.57 bits per heavy atom. The van der Waals surface area contributed by atoms with Crippen LogP contribution in [0.5, 0.6) is 11.5 Å². The Bertz CT molecular complexity index is 615. The Balaban J connectivity index is 1.67. The third kappa shape index (κ3) is 4.24. The van der Waals surface area contributed by atoms with Crippen LogP contribution in [0.25, 0.3) is 0 Å². The number of para-hydroxylation sites is 1. The van der Waals surface area contributed by atoms with Crippen molar-refractivity contribution in [3.05, 3.63) is 59.7 Å². The second-order valence-corrected chi connectivity index (χ2v) is 5.68. The maximum absolute atomic E-state index is 9.35. The maximum atomic E-state index is 9.35. The highest BCUT2D eigenvalue weighted by Crippen LogP contribution is 2.34. The fourth-order valence-electron chi connectivity index (χ4n) is 2.84. The molecule has 3 rings (SSSR count). The van der Waals surface area contributed by atoms with Crippen molar-refractivity contribution in [2.75, 3.05) is 32.9 Å². The summed E-state index contributed by atoms with van der Waals surface area (Å²) in [5, 5.41) is 9.35. The monoisotopic (exact) mass is 313 g/mol. The van der Waals surface area contributed by atoms with Crippen LogP contribution in [0.15, 0.2) is 48.5 Å². The quantitative estimate of drug-likeness (QED) is 0.853. The molecule has 1 aliphatic heterocycles. The predicted octanol–water partition coefficient (Wildman–Crippen LogP) is 2.49. The molecule has 1 N–H and O–H groups in total. The lowest BCUT2D eigenvalue weighted by Crippen LogP contribution is -2.29. The average molecular weight is 313 g/mol. The van der Waals surface area contributed by atoms with Gasteiger partial charge < -0.3 is 14.6 Å². The minimum atomic E-state index is 0.154. The van der Waals surface area contributed by atoms with Gasteiger partial charge in [0.25, 0.3) is 0 Å². The van der Waals surface area contributed by atoms with Crippen molar-refractivity contribution in [2.45, 2.75) is 13.0 Å². The maximum Gasteiger partial charge on any atom is 0.165 e. The van der Waals surface area contributed by atoms with E-state index in [1.807, 2.05) is 18.2 Å². The summed E-state index contributed by atoms with van der Waals surface area (Å²) >= 11 is 0. The molecule has 2 aromatic carbocycles. The molecule has 0 aromatic heterocycles. The average Bonchev–Trinajstić information content (AvgIpc) is 2.61. The van der Waals surface area contributed by atoms with Gasteiger partial charge in [0.2, 0.25) is 0 Å². The van der Waals surface area contributed by atoms with E-state index in [1.165, 1.54) is 5.56 Å². The van der Waals surface area contributed by atoms with Crippen LogP contribution in [0.4, 0.5) is 0 Å². The number of nitrogens with zero attached hydrogens (tertiary/aromatic N) is 1. The molecule has 23 heavy (non-hydrogen) atoms. The molecule has 0 atom stereocenters. The molecule has 4 heteroatoms. The summed E-state index contributed by atoms with van der Waals surface area (Å²) in [6.45, 7) is 3.65. The first-order valence-corrected chi connectivity index (χ1v) is 8.11. The molecule has 0 bridgehead atoms. The van der Waals surface area contributed by atoms with Crippen LogP contribution in [-0.2, 0) is 13.0 Å². The number of benzene rings is 2. The molecule has 0 fully saturated rings. The van der Waals surface area contributed by atoms with E-state index in [2.05, 4.69) is 35.2 Å². The van der Waals surface area contributed by atoms with Crippen LogP contribution in [0.1, 0.15) is 11.1 Å². The standard InChI is InChI=1S/C19H23NO3/c21-12-11-20(10-9-16-5-2-1-3-6-16)15-17-7-4-8-18-19(17)23-14-13-22-18/h1-8,21H,9-15H2. The second kappa shape index (κ2) is 7.99. The van der Waals surface area contributed by atoms with E-state index in [0.717, 1.165) is 36.6 Å². The van der Waals surface area contributed by atoms with E-state index in [-0.39, 0.29) is 6.61 Å². The Hall–Kier alpha value is -2.04. The van der Waals surface area contributed by atoms with Crippen molar-refractivity contribution in [2.24, 2.45) is 0 Å². The topological polar surface area (TPSA) is 41.9 Å². The molecule has 122 valence electrons. The molecule has 0 spiro atoms. The molecule has 1 heterocycles. The van der Waals surface area contributed by atoms with Crippen LogP contribution >= 0.6 is 0 Å². The van der Waals surface area contributed by atoms with Crippen LogP contribution < -0.4 is 9.47 Å². The SMILES string of the molecule is OCCN(CCc1ccccc1)Cc1cccc2c1OCCO2. The first-order valence-electron chi connectivity index (χ1n) is 8.11. The van der Waals surface area contributed by atoms with E-state index >= 15 is 0 Å². The number of hydrogen-bond donors (Lipinski definition) is 1. The highest BCUT2D eigenvalue weighted by molar-refractivity contribution is 5.47. The molecule has 0 saturated heterocycles. The lowest BCUT2D eigenvalue weighted by molar-refractivity contribution is 0.162. The first kappa shape index (κ1) is 15.8. The van der Waals surface area contributed by atoms with Gasteiger partial charge in [-0.15, -0.1) is 0 Å². The van der Waals surface area contributed by atoms with E-state index in [0.29, 0.717) is 19.8 Å². The van der Waals surface area contributed by atoms with Crippen LogP contribution in [0.2, 0.25) is 0 Å². The third-order valence-electron chi connectivity index (χ3n) is 4.02. The minimum Gasteiger partial charge on any atom is -0.486 e. The summed E-state index contributed by atoms with van der Waals surface area (Å²) in [4.78, 5) is 2.25. The normalized spacial score (nSPS) is 13.3. The smallest absolute Gasteiger partial charge is 0.165 e. The van der Waals surface area contributed by atoms with Gasteiger partial charge in [0.15, 0.2) is 11.5 Å². The molecular weight excluding hydrogens is 290 g/mol. The van der Waals surface area contributed by atoms with Gasteiger partial charge in [0.05, 0.1) is 6.61 Å². The van der Waals surface area contributed by atoms with E-state index < -0.39 is 0 Å². The molecule has 0 radical (unpaired) electrons. The summed E-state index contributed by atoms with van der Waals surface area (Å²) in [6.07, 6.45) is 0.965. The molecule has 0 aliphatic carbocycles. The zero-order valence-electron chi connectivity index (χ0n) is 13.3. The van der Waals surface area contributed by atoms with Crippen molar-refractivity contribution in [1.82, 2.24) is 4.90 Å². The molecule has 2 aromatic rings. The van der Waals surface area contributed by atoms with Gasteiger partial charge in [-0.25, -0.2) is 0 Å². The largest absolute Gasteiger partial charge is 0.486 e. The van der Waals surface area contributed by atoms with E-state index in [9.17, 15) is 5.11 Å². The number of aliphatic hydroxyl groups excluding tert-OH is 1. The summed E-state index contributed by atoms with van der Waals surface area (Å²) in [5.74, 6) is 1.67. The van der Waals surface area contributed by atoms with Crippen molar-refractivity contribution >= 4 is 0 Å². The highest BCUT2D eigenvalue weighted by atomic mass is 16.6. The zero-order valence-corrected chi connectivity index (χ0v) is 13.3. The fraction of sp³-hybridized carbons (Fsp3) is 0.368. The van der Waals surface area contributed by atoms with Gasteiger partial charge in [-0.1, -0.05) is 42.5 Å². The van der Waals surface area contributed by atoms with Crippen molar-refractivity contribution in [1.29, 1.82) is 0 Å². The number of fused-ring (bicyclic) bond motifs is 1. The van der Waals surface area contributed by atoms with Gasteiger partial charge in [-0.2, -0.15) is 0 Å². The van der Waals surface area contributed by atoms with E-state index in [4.69, 9.17) is 9.47 Å². The molecular formula is C19H23NO3. The Morgan fingerprint density at radius 1 is 0.913 bits per heavy atom. The second-order valence-electron chi connectivity index (χ2n) is 5.68. The Labute approximate surface area is 137 Å². The predicted molar refractivity (Wildman–Crippen MR) is 89.9 cm³/mol. The van der Waals surface area contributed by atoms with E-state index in [1.54, 1.807) is 0 Å². The van der Waals surface area contributed by atoms with Crippen molar-refractivity contribution < 1.29 is 14.6 Å². The first-order chi connectivity index (χ1) is 11.4. The number of aliphatic hydroxyl groups is 1. The Morgan fingerprint density at radius 2 is 1.74 bits per heavy atom. The summed E-state index contributed by atoms with van der Waals surface area (Å²) in [5.41, 5.74) is 2.42. The molecule has 0 unspecified atom stereocenters. The fourth-order valence-corrected chi connectivity index (χ4v) is 2.84. The van der Waals surface area contributed by atoms with Gasteiger partial charge >= 0.3 is 0 Å².